The number of aromatic nitrogens is 1. The van der Waals surface area contributed by atoms with E-state index < -0.39 is 0 Å². The van der Waals surface area contributed by atoms with Gasteiger partial charge in [-0.1, -0.05) is 12.1 Å². The Balaban J connectivity index is 1.64. The maximum atomic E-state index is 11.2. The third kappa shape index (κ3) is 2.82. The van der Waals surface area contributed by atoms with Crippen molar-refractivity contribution in [2.75, 3.05) is 27.2 Å². The van der Waals surface area contributed by atoms with Crippen LogP contribution in [-0.4, -0.2) is 42.1 Å². The van der Waals surface area contributed by atoms with E-state index in [-0.39, 0.29) is 16.0 Å². The smallest absolute Gasteiger partial charge is 0.271 e. The van der Waals surface area contributed by atoms with Crippen LogP contribution >= 0.6 is 0 Å². The number of H-pyrrole nitrogens is 1. The molecule has 3 aromatic rings. The van der Waals surface area contributed by atoms with Gasteiger partial charge in [0.05, 0.1) is 17.5 Å². The van der Waals surface area contributed by atoms with Crippen molar-refractivity contribution in [1.82, 2.24) is 9.88 Å². The molecule has 2 atom stereocenters. The highest BCUT2D eigenvalue weighted by Crippen LogP contribution is 2.49. The molecule has 1 aliphatic carbocycles. The van der Waals surface area contributed by atoms with Crippen LogP contribution in [0.25, 0.3) is 10.9 Å². The van der Waals surface area contributed by atoms with Crippen LogP contribution in [0.1, 0.15) is 23.2 Å². The number of rotatable bonds is 3. The van der Waals surface area contributed by atoms with Crippen molar-refractivity contribution in [2.45, 2.75) is 24.7 Å². The van der Waals surface area contributed by atoms with Crippen molar-refractivity contribution < 1.29 is 9.66 Å². The summed E-state index contributed by atoms with van der Waals surface area (Å²) in [7, 11) is 3.91. The second-order valence-corrected chi connectivity index (χ2v) is 8.55. The van der Waals surface area contributed by atoms with Crippen LogP contribution in [0.5, 0.6) is 5.75 Å². The molecule has 0 bridgehead atoms. The molecule has 6 heteroatoms. The highest BCUT2D eigenvalue weighted by atomic mass is 16.6. The quantitative estimate of drug-likeness (QED) is 0.540. The third-order valence-corrected chi connectivity index (χ3v) is 7.03. The maximum Gasteiger partial charge on any atom is 0.271 e. The van der Waals surface area contributed by atoms with Crippen molar-refractivity contribution in [2.24, 2.45) is 5.92 Å². The van der Waals surface area contributed by atoms with E-state index in [1.165, 1.54) is 16.8 Å². The molecule has 1 aromatic heterocycles. The lowest BCUT2D eigenvalue weighted by molar-refractivity contribution is -0.384. The highest BCUT2D eigenvalue weighted by Gasteiger charge is 2.47. The molecule has 5 rings (SSSR count). The number of nitrogens with zero attached hydrogens (tertiary/aromatic N) is 2. The summed E-state index contributed by atoms with van der Waals surface area (Å²) in [4.78, 5) is 16.8. The lowest BCUT2D eigenvalue weighted by Gasteiger charge is -2.50. The Kier molecular flexibility index (Phi) is 4.13. The van der Waals surface area contributed by atoms with Crippen LogP contribution in [0.2, 0.25) is 0 Å². The molecule has 0 radical (unpaired) electrons. The van der Waals surface area contributed by atoms with Gasteiger partial charge in [-0.15, -0.1) is 0 Å². The summed E-state index contributed by atoms with van der Waals surface area (Å²) in [6.07, 6.45) is 3.00. The number of nitro groups is 1. The number of likely N-dealkylation sites (tertiary alicyclic amines) is 1. The van der Waals surface area contributed by atoms with Gasteiger partial charge in [0.15, 0.2) is 0 Å². The lowest BCUT2D eigenvalue weighted by atomic mass is 9.59. The fourth-order valence-corrected chi connectivity index (χ4v) is 5.50. The fraction of sp³-hybridized carbons (Fsp3) is 0.391. The van der Waals surface area contributed by atoms with Gasteiger partial charge >= 0.3 is 0 Å². The number of ether oxygens (including phenoxy) is 1. The summed E-state index contributed by atoms with van der Waals surface area (Å²) in [6.45, 7) is 2.12. The standard InChI is InChI=1S/C23H25N3O3/c1-25-9-8-23(15-4-3-5-18(10-15)29-2)13-22-20(11-16(23)14-25)19-7-6-17(26(27)28)12-21(19)24-22/h3-7,10,12,16,24H,8-9,11,13-14H2,1-2H3/t16?,23-/m1/s1. The molecule has 2 heterocycles. The molecule has 1 aliphatic heterocycles. The van der Waals surface area contributed by atoms with Crippen molar-refractivity contribution in [1.29, 1.82) is 0 Å². The zero-order valence-corrected chi connectivity index (χ0v) is 16.8. The highest BCUT2D eigenvalue weighted by molar-refractivity contribution is 5.87. The predicted octanol–water partition coefficient (Wildman–Crippen LogP) is 4.07. The number of hydrogen-bond donors (Lipinski definition) is 1. The Morgan fingerprint density at radius 1 is 1.28 bits per heavy atom. The van der Waals surface area contributed by atoms with E-state index in [0.29, 0.717) is 5.92 Å². The lowest BCUT2D eigenvalue weighted by Crippen LogP contribution is -2.52. The Hall–Kier alpha value is -2.86. The topological polar surface area (TPSA) is 71.4 Å². The summed E-state index contributed by atoms with van der Waals surface area (Å²) in [5, 5.41) is 12.3. The first-order valence-electron chi connectivity index (χ1n) is 10.1. The van der Waals surface area contributed by atoms with Gasteiger partial charge in [-0.05, 0) is 68.1 Å². The molecule has 0 spiro atoms. The van der Waals surface area contributed by atoms with E-state index in [2.05, 4.69) is 35.1 Å². The zero-order chi connectivity index (χ0) is 20.2. The van der Waals surface area contributed by atoms with Crippen molar-refractivity contribution >= 4 is 16.6 Å². The van der Waals surface area contributed by atoms with Crippen molar-refractivity contribution in [3.63, 3.8) is 0 Å². The first kappa shape index (κ1) is 18.2. The number of nitrogens with one attached hydrogen (secondary N) is 1. The van der Waals surface area contributed by atoms with E-state index >= 15 is 0 Å². The van der Waals surface area contributed by atoms with Gasteiger partial charge in [0.2, 0.25) is 0 Å². The van der Waals surface area contributed by atoms with Gasteiger partial charge in [-0.2, -0.15) is 0 Å². The van der Waals surface area contributed by atoms with Crippen LogP contribution in [0.4, 0.5) is 5.69 Å². The SMILES string of the molecule is COc1cccc([C@]23CCN(C)CC2Cc2c([nH]c4cc([N+](=O)[O-])ccc24)C3)c1. The molecular weight excluding hydrogens is 366 g/mol. The summed E-state index contributed by atoms with van der Waals surface area (Å²) in [5.41, 5.74) is 4.96. The number of methoxy groups -OCH3 is 1. The first-order chi connectivity index (χ1) is 14.0. The number of fused-ring (bicyclic) bond motifs is 4. The van der Waals surface area contributed by atoms with E-state index in [1.54, 1.807) is 19.2 Å². The molecular formula is C23H25N3O3. The number of piperidine rings is 1. The molecule has 2 aromatic carbocycles. The molecule has 29 heavy (non-hydrogen) atoms. The van der Waals surface area contributed by atoms with Gasteiger partial charge in [0.25, 0.3) is 5.69 Å². The number of benzene rings is 2. The molecule has 2 aliphatic rings. The summed E-state index contributed by atoms with van der Waals surface area (Å²) in [5.74, 6) is 1.39. The van der Waals surface area contributed by atoms with Crippen molar-refractivity contribution in [3.05, 3.63) is 69.4 Å². The molecule has 1 unspecified atom stereocenters. The Bertz CT molecular complexity index is 1110. The summed E-state index contributed by atoms with van der Waals surface area (Å²) >= 11 is 0. The van der Waals surface area contributed by atoms with E-state index in [0.717, 1.165) is 49.0 Å². The summed E-state index contributed by atoms with van der Waals surface area (Å²) in [6, 6.07) is 13.7. The van der Waals surface area contributed by atoms with Crippen LogP contribution < -0.4 is 4.74 Å². The third-order valence-electron chi connectivity index (χ3n) is 7.03. The Morgan fingerprint density at radius 2 is 2.14 bits per heavy atom. The molecule has 1 saturated heterocycles. The van der Waals surface area contributed by atoms with Crippen LogP contribution in [0, 0.1) is 16.0 Å². The normalized spacial score (nSPS) is 24.1. The minimum Gasteiger partial charge on any atom is -0.497 e. The molecule has 0 saturated carbocycles. The van der Waals surface area contributed by atoms with E-state index in [9.17, 15) is 10.1 Å². The van der Waals surface area contributed by atoms with Gasteiger partial charge < -0.3 is 14.6 Å². The Morgan fingerprint density at radius 3 is 2.93 bits per heavy atom. The number of hydrogen-bond acceptors (Lipinski definition) is 4. The minimum atomic E-state index is -0.328. The molecule has 1 N–H and O–H groups in total. The average Bonchev–Trinajstić information content (AvgIpc) is 3.08. The second-order valence-electron chi connectivity index (χ2n) is 8.55. The molecule has 150 valence electrons. The average molecular weight is 391 g/mol. The molecule has 0 amide bonds. The maximum absolute atomic E-state index is 11.2. The van der Waals surface area contributed by atoms with Crippen LogP contribution in [-0.2, 0) is 18.3 Å². The van der Waals surface area contributed by atoms with Crippen LogP contribution in [0.15, 0.2) is 42.5 Å². The number of nitro benzene ring substituents is 1. The van der Waals surface area contributed by atoms with Gasteiger partial charge in [0.1, 0.15) is 5.75 Å². The van der Waals surface area contributed by atoms with Gasteiger partial charge in [-0.3, -0.25) is 10.1 Å². The predicted molar refractivity (Wildman–Crippen MR) is 113 cm³/mol. The van der Waals surface area contributed by atoms with Gasteiger partial charge in [0, 0.05) is 35.2 Å². The second kappa shape index (κ2) is 6.59. The minimum absolute atomic E-state index is 0.0564. The van der Waals surface area contributed by atoms with Crippen molar-refractivity contribution in [3.8, 4) is 5.75 Å². The van der Waals surface area contributed by atoms with Gasteiger partial charge in [-0.25, -0.2) is 0 Å². The monoisotopic (exact) mass is 391 g/mol. The first-order valence-corrected chi connectivity index (χ1v) is 10.1. The summed E-state index contributed by atoms with van der Waals surface area (Å²) < 4.78 is 5.51. The number of non-ortho nitro benzene ring substituents is 1. The molecule has 6 nitrogen and oxygen atoms in total. The fourth-order valence-electron chi connectivity index (χ4n) is 5.50. The molecule has 1 fully saturated rings. The van der Waals surface area contributed by atoms with E-state index in [4.69, 9.17) is 4.74 Å². The number of aromatic amines is 1. The van der Waals surface area contributed by atoms with E-state index in [1.807, 2.05) is 12.1 Å². The zero-order valence-electron chi connectivity index (χ0n) is 16.8. The largest absolute Gasteiger partial charge is 0.497 e. The Labute approximate surface area is 169 Å². The van der Waals surface area contributed by atoms with Crippen LogP contribution in [0.3, 0.4) is 0 Å².